The van der Waals surface area contributed by atoms with Crippen LogP contribution in [0.3, 0.4) is 0 Å². The van der Waals surface area contributed by atoms with Gasteiger partial charge in [0, 0.05) is 27.7 Å². The van der Waals surface area contributed by atoms with Crippen molar-refractivity contribution in [2.75, 3.05) is 0 Å². The molecule has 1 aromatic heterocycles. The fraction of sp³-hybridized carbons (Fsp3) is 0.429. The van der Waals surface area contributed by atoms with Crippen LogP contribution in [0.5, 0.6) is 0 Å². The van der Waals surface area contributed by atoms with E-state index in [1.165, 1.54) is 9.75 Å². The van der Waals surface area contributed by atoms with Crippen LogP contribution in [-0.2, 0) is 6.42 Å². The van der Waals surface area contributed by atoms with Crippen molar-refractivity contribution in [3.8, 4) is 11.8 Å². The maximum absolute atomic E-state index is 14.3. The van der Waals surface area contributed by atoms with Crippen LogP contribution < -0.4 is 0 Å². The normalized spacial score (nSPS) is 26.1. The molecule has 24 heavy (non-hydrogen) atoms. The summed E-state index contributed by atoms with van der Waals surface area (Å²) >= 11 is 1.81. The van der Waals surface area contributed by atoms with Gasteiger partial charge in [0.2, 0.25) is 0 Å². The first-order chi connectivity index (χ1) is 11.6. The fourth-order valence-electron chi connectivity index (χ4n) is 3.45. The van der Waals surface area contributed by atoms with Gasteiger partial charge >= 0.3 is 0 Å². The number of aliphatic hydroxyl groups excluding tert-OH is 1. The standard InChI is InChI=1S/C21H23FOS/c1-15-10-12-17(24-15)8-5-9-18-19(21(23)14-20(18)22)13-11-16-6-3-2-4-7-16/h2-4,6-7,10,12,18-21,23H,5,8-9,14H2,1H3/t18-,19-,20-,21-/m1/s1. The molecule has 1 saturated carbocycles. The predicted molar refractivity (Wildman–Crippen MR) is 97.8 cm³/mol. The summed E-state index contributed by atoms with van der Waals surface area (Å²) in [7, 11) is 0. The van der Waals surface area contributed by atoms with E-state index in [9.17, 15) is 9.50 Å². The molecule has 0 spiro atoms. The smallest absolute Gasteiger partial charge is 0.107 e. The Morgan fingerprint density at radius 2 is 2.00 bits per heavy atom. The molecule has 126 valence electrons. The Kier molecular flexibility index (Phi) is 5.71. The lowest BCUT2D eigenvalue weighted by molar-refractivity contribution is 0.144. The Bertz CT molecular complexity index is 712. The van der Waals surface area contributed by atoms with Gasteiger partial charge in [-0.15, -0.1) is 11.3 Å². The first-order valence-electron chi connectivity index (χ1n) is 8.57. The SMILES string of the molecule is Cc1ccc(CCC[C@@H]2[C@@H](C#Cc3ccccc3)[C@H](O)C[C@H]2F)s1. The van der Waals surface area contributed by atoms with Crippen molar-refractivity contribution in [3.63, 3.8) is 0 Å². The van der Waals surface area contributed by atoms with Gasteiger partial charge in [0.15, 0.2) is 0 Å². The summed E-state index contributed by atoms with van der Waals surface area (Å²) in [6, 6.07) is 14.0. The van der Waals surface area contributed by atoms with Crippen molar-refractivity contribution in [2.24, 2.45) is 11.8 Å². The molecule has 0 unspecified atom stereocenters. The molecular weight excluding hydrogens is 319 g/mol. The number of aryl methyl sites for hydroxylation is 2. The molecule has 2 aromatic rings. The highest BCUT2D eigenvalue weighted by molar-refractivity contribution is 7.11. The quantitative estimate of drug-likeness (QED) is 0.794. The van der Waals surface area contributed by atoms with E-state index in [4.69, 9.17) is 0 Å². The highest BCUT2D eigenvalue weighted by Crippen LogP contribution is 2.38. The van der Waals surface area contributed by atoms with E-state index in [0.717, 1.165) is 24.8 Å². The summed E-state index contributed by atoms with van der Waals surface area (Å²) in [6.45, 7) is 2.11. The molecule has 4 atom stereocenters. The van der Waals surface area contributed by atoms with E-state index < -0.39 is 12.3 Å². The van der Waals surface area contributed by atoms with Crippen molar-refractivity contribution in [1.29, 1.82) is 0 Å². The molecule has 1 nitrogen and oxygen atoms in total. The lowest BCUT2D eigenvalue weighted by Crippen LogP contribution is -2.19. The molecule has 0 radical (unpaired) electrons. The molecule has 1 N–H and O–H groups in total. The van der Waals surface area contributed by atoms with Gasteiger partial charge in [-0.05, 0) is 50.5 Å². The topological polar surface area (TPSA) is 20.2 Å². The third-order valence-electron chi connectivity index (χ3n) is 4.72. The number of alkyl halides is 1. The monoisotopic (exact) mass is 342 g/mol. The van der Waals surface area contributed by atoms with Crippen molar-refractivity contribution in [3.05, 3.63) is 57.8 Å². The van der Waals surface area contributed by atoms with Crippen LogP contribution in [0.2, 0.25) is 0 Å². The summed E-state index contributed by atoms with van der Waals surface area (Å²) in [6.07, 6.45) is 1.34. The number of aliphatic hydroxyl groups is 1. The van der Waals surface area contributed by atoms with Crippen molar-refractivity contribution in [1.82, 2.24) is 0 Å². The molecule has 0 saturated heterocycles. The molecule has 0 bridgehead atoms. The molecule has 1 aliphatic rings. The molecule has 1 fully saturated rings. The highest BCUT2D eigenvalue weighted by atomic mass is 32.1. The molecule has 0 amide bonds. The van der Waals surface area contributed by atoms with Gasteiger partial charge in [-0.25, -0.2) is 4.39 Å². The second-order valence-corrected chi connectivity index (χ2v) is 7.92. The van der Waals surface area contributed by atoms with Crippen LogP contribution in [0.15, 0.2) is 42.5 Å². The number of hydrogen-bond acceptors (Lipinski definition) is 2. The van der Waals surface area contributed by atoms with E-state index in [1.807, 2.05) is 41.7 Å². The van der Waals surface area contributed by atoms with Gasteiger partial charge in [-0.1, -0.05) is 30.0 Å². The Labute approximate surface area is 147 Å². The van der Waals surface area contributed by atoms with Crippen LogP contribution in [0, 0.1) is 30.6 Å². The Morgan fingerprint density at radius 3 is 2.71 bits per heavy atom. The van der Waals surface area contributed by atoms with Crippen molar-refractivity contribution in [2.45, 2.75) is 44.9 Å². The van der Waals surface area contributed by atoms with E-state index >= 15 is 0 Å². The van der Waals surface area contributed by atoms with Gasteiger partial charge in [-0.3, -0.25) is 0 Å². The van der Waals surface area contributed by atoms with E-state index in [0.29, 0.717) is 0 Å². The van der Waals surface area contributed by atoms with Crippen LogP contribution in [0.4, 0.5) is 4.39 Å². The summed E-state index contributed by atoms with van der Waals surface area (Å²) < 4.78 is 14.3. The van der Waals surface area contributed by atoms with Gasteiger partial charge in [0.25, 0.3) is 0 Å². The summed E-state index contributed by atoms with van der Waals surface area (Å²) in [5, 5.41) is 10.2. The summed E-state index contributed by atoms with van der Waals surface area (Å²) in [5.41, 5.74) is 0.916. The third-order valence-corrected chi connectivity index (χ3v) is 5.78. The number of benzene rings is 1. The minimum atomic E-state index is -0.944. The van der Waals surface area contributed by atoms with Crippen molar-refractivity contribution >= 4 is 11.3 Å². The van der Waals surface area contributed by atoms with Crippen LogP contribution >= 0.6 is 11.3 Å². The van der Waals surface area contributed by atoms with E-state index in [2.05, 4.69) is 30.9 Å². The zero-order valence-electron chi connectivity index (χ0n) is 13.9. The van der Waals surface area contributed by atoms with Gasteiger partial charge in [-0.2, -0.15) is 0 Å². The third kappa shape index (κ3) is 4.26. The van der Waals surface area contributed by atoms with Gasteiger partial charge < -0.3 is 5.11 Å². The lowest BCUT2D eigenvalue weighted by atomic mass is 9.89. The van der Waals surface area contributed by atoms with Crippen LogP contribution in [0.25, 0.3) is 0 Å². The minimum absolute atomic E-state index is 0.155. The number of hydrogen-bond donors (Lipinski definition) is 1. The first kappa shape index (κ1) is 17.2. The Balaban J connectivity index is 1.62. The minimum Gasteiger partial charge on any atom is -0.392 e. The molecule has 1 heterocycles. The van der Waals surface area contributed by atoms with Gasteiger partial charge in [0.05, 0.1) is 12.0 Å². The molecule has 1 aromatic carbocycles. The molecular formula is C21H23FOS. The maximum atomic E-state index is 14.3. The zero-order valence-corrected chi connectivity index (χ0v) is 14.7. The molecule has 3 rings (SSSR count). The highest BCUT2D eigenvalue weighted by Gasteiger charge is 2.41. The summed E-state index contributed by atoms with van der Waals surface area (Å²) in [4.78, 5) is 2.67. The summed E-state index contributed by atoms with van der Waals surface area (Å²) in [5.74, 6) is 5.83. The van der Waals surface area contributed by atoms with Crippen LogP contribution in [-0.4, -0.2) is 17.4 Å². The average Bonchev–Trinajstić information content (AvgIpc) is 3.10. The number of halogens is 1. The predicted octanol–water partition coefficient (Wildman–Crippen LogP) is 4.77. The number of thiophene rings is 1. The van der Waals surface area contributed by atoms with E-state index in [1.54, 1.807) is 0 Å². The first-order valence-corrected chi connectivity index (χ1v) is 9.39. The fourth-order valence-corrected chi connectivity index (χ4v) is 4.38. The molecule has 3 heteroatoms. The van der Waals surface area contributed by atoms with Crippen molar-refractivity contribution < 1.29 is 9.50 Å². The van der Waals surface area contributed by atoms with Gasteiger partial charge in [0.1, 0.15) is 6.17 Å². The largest absolute Gasteiger partial charge is 0.392 e. The average molecular weight is 342 g/mol. The molecule has 1 aliphatic carbocycles. The zero-order chi connectivity index (χ0) is 16.9. The molecule has 0 aliphatic heterocycles. The second kappa shape index (κ2) is 7.96. The second-order valence-electron chi connectivity index (χ2n) is 6.55. The van der Waals surface area contributed by atoms with Crippen LogP contribution in [0.1, 0.15) is 34.6 Å². The lowest BCUT2D eigenvalue weighted by Gasteiger charge is -2.17. The Hall–Kier alpha value is -1.63. The maximum Gasteiger partial charge on any atom is 0.107 e. The Morgan fingerprint density at radius 1 is 1.21 bits per heavy atom. The van der Waals surface area contributed by atoms with E-state index in [-0.39, 0.29) is 18.3 Å². The number of rotatable bonds is 4.